The number of rotatable bonds is 6. The van der Waals surface area contributed by atoms with Crippen molar-refractivity contribution in [2.24, 2.45) is 0 Å². The van der Waals surface area contributed by atoms with E-state index in [0.29, 0.717) is 18.0 Å². The molecule has 0 bridgehead atoms. The van der Waals surface area contributed by atoms with E-state index in [9.17, 15) is 10.2 Å². The third-order valence-corrected chi connectivity index (χ3v) is 3.36. The third-order valence-electron chi connectivity index (χ3n) is 3.36. The molecule has 0 heterocycles. The average molecular weight is 253 g/mol. The fourth-order valence-electron chi connectivity index (χ4n) is 1.88. The molecule has 0 radical (unpaired) electrons. The first kappa shape index (κ1) is 13.0. The molecule has 1 aromatic carbocycles. The zero-order chi connectivity index (χ0) is 13.2. The van der Waals surface area contributed by atoms with Crippen molar-refractivity contribution < 1.29 is 19.7 Å². The van der Waals surface area contributed by atoms with Gasteiger partial charge in [-0.1, -0.05) is 0 Å². The van der Waals surface area contributed by atoms with Gasteiger partial charge in [0.15, 0.2) is 11.5 Å². The van der Waals surface area contributed by atoms with Crippen LogP contribution in [0.5, 0.6) is 17.2 Å². The molecule has 1 aromatic rings. The van der Waals surface area contributed by atoms with Crippen LogP contribution in [-0.4, -0.2) is 36.6 Å². The standard InChI is InChI=1S/C13H19NO4/c1-17-10-5-9(6-11(18-2)12(10)16)7-14-13(8-15)3-4-13/h5-6,14-16H,3-4,7-8H2,1-2H3. The zero-order valence-electron chi connectivity index (χ0n) is 10.7. The molecular weight excluding hydrogens is 234 g/mol. The van der Waals surface area contributed by atoms with Gasteiger partial charge in [0, 0.05) is 12.1 Å². The maximum Gasteiger partial charge on any atom is 0.200 e. The molecule has 0 saturated heterocycles. The van der Waals surface area contributed by atoms with E-state index in [1.54, 1.807) is 12.1 Å². The van der Waals surface area contributed by atoms with E-state index in [1.807, 2.05) is 0 Å². The fraction of sp³-hybridized carbons (Fsp3) is 0.538. The summed E-state index contributed by atoms with van der Waals surface area (Å²) in [6.45, 7) is 0.757. The normalized spacial score (nSPS) is 16.4. The third kappa shape index (κ3) is 2.52. The number of hydrogen-bond acceptors (Lipinski definition) is 5. The SMILES string of the molecule is COc1cc(CNC2(CO)CC2)cc(OC)c1O. The Hall–Kier alpha value is -1.46. The van der Waals surface area contributed by atoms with Crippen LogP contribution >= 0.6 is 0 Å². The summed E-state index contributed by atoms with van der Waals surface area (Å²) in [6.07, 6.45) is 1.99. The van der Waals surface area contributed by atoms with Crippen LogP contribution in [0.25, 0.3) is 0 Å². The van der Waals surface area contributed by atoms with Gasteiger partial charge in [0.1, 0.15) is 0 Å². The van der Waals surface area contributed by atoms with Crippen LogP contribution in [0.2, 0.25) is 0 Å². The van der Waals surface area contributed by atoms with Gasteiger partial charge in [0.25, 0.3) is 0 Å². The van der Waals surface area contributed by atoms with Gasteiger partial charge in [-0.3, -0.25) is 0 Å². The molecule has 0 aliphatic heterocycles. The molecule has 1 aliphatic rings. The van der Waals surface area contributed by atoms with Gasteiger partial charge in [-0.05, 0) is 30.5 Å². The zero-order valence-corrected chi connectivity index (χ0v) is 10.7. The second kappa shape index (κ2) is 5.04. The first-order chi connectivity index (χ1) is 8.64. The molecule has 1 fully saturated rings. The van der Waals surface area contributed by atoms with Gasteiger partial charge in [0.2, 0.25) is 5.75 Å². The van der Waals surface area contributed by atoms with Crippen molar-refractivity contribution in [3.05, 3.63) is 17.7 Å². The van der Waals surface area contributed by atoms with Gasteiger partial charge in [-0.25, -0.2) is 0 Å². The number of aliphatic hydroxyl groups is 1. The van der Waals surface area contributed by atoms with Gasteiger partial charge < -0.3 is 25.0 Å². The predicted octanol–water partition coefficient (Wildman–Crippen LogP) is 1.02. The number of phenols is 1. The molecule has 1 aliphatic carbocycles. The Labute approximate surface area is 106 Å². The summed E-state index contributed by atoms with van der Waals surface area (Å²) in [6, 6.07) is 3.52. The van der Waals surface area contributed by atoms with Crippen molar-refractivity contribution in [1.82, 2.24) is 5.32 Å². The Morgan fingerprint density at radius 2 is 1.78 bits per heavy atom. The summed E-state index contributed by atoms with van der Waals surface area (Å²) in [5.41, 5.74) is 0.833. The minimum absolute atomic E-state index is 0.00652. The van der Waals surface area contributed by atoms with E-state index in [-0.39, 0.29) is 17.9 Å². The molecule has 0 atom stereocenters. The lowest BCUT2D eigenvalue weighted by molar-refractivity contribution is 0.229. The molecule has 2 rings (SSSR count). The summed E-state index contributed by atoms with van der Waals surface area (Å²) in [4.78, 5) is 0. The first-order valence-corrected chi connectivity index (χ1v) is 5.94. The molecule has 18 heavy (non-hydrogen) atoms. The average Bonchev–Trinajstić information content (AvgIpc) is 3.18. The minimum Gasteiger partial charge on any atom is -0.502 e. The molecule has 0 unspecified atom stereocenters. The molecule has 5 heteroatoms. The van der Waals surface area contributed by atoms with Gasteiger partial charge in [-0.15, -0.1) is 0 Å². The lowest BCUT2D eigenvalue weighted by Crippen LogP contribution is -2.34. The van der Waals surface area contributed by atoms with Crippen molar-refractivity contribution in [2.75, 3.05) is 20.8 Å². The maximum atomic E-state index is 9.79. The van der Waals surface area contributed by atoms with Crippen LogP contribution < -0.4 is 14.8 Å². The largest absolute Gasteiger partial charge is 0.502 e. The Morgan fingerprint density at radius 1 is 1.22 bits per heavy atom. The highest BCUT2D eigenvalue weighted by Gasteiger charge is 2.41. The second-order valence-electron chi connectivity index (χ2n) is 4.64. The van der Waals surface area contributed by atoms with Crippen LogP contribution in [0, 0.1) is 0 Å². The van der Waals surface area contributed by atoms with E-state index < -0.39 is 0 Å². The topological polar surface area (TPSA) is 71.0 Å². The van der Waals surface area contributed by atoms with Crippen molar-refractivity contribution in [1.29, 1.82) is 0 Å². The molecule has 100 valence electrons. The number of aromatic hydroxyl groups is 1. The van der Waals surface area contributed by atoms with Crippen molar-refractivity contribution in [3.8, 4) is 17.2 Å². The highest BCUT2D eigenvalue weighted by Crippen LogP contribution is 2.38. The molecule has 0 amide bonds. The fourth-order valence-corrected chi connectivity index (χ4v) is 1.88. The number of nitrogens with one attached hydrogen (secondary N) is 1. The lowest BCUT2D eigenvalue weighted by atomic mass is 10.1. The van der Waals surface area contributed by atoms with Crippen LogP contribution in [-0.2, 0) is 6.54 Å². The predicted molar refractivity (Wildman–Crippen MR) is 67.1 cm³/mol. The van der Waals surface area contributed by atoms with Crippen LogP contribution in [0.1, 0.15) is 18.4 Å². The number of aliphatic hydroxyl groups excluding tert-OH is 1. The summed E-state index contributed by atoms with van der Waals surface area (Å²) >= 11 is 0. The molecule has 3 N–H and O–H groups in total. The van der Waals surface area contributed by atoms with E-state index >= 15 is 0 Å². The highest BCUT2D eigenvalue weighted by atomic mass is 16.5. The molecular formula is C13H19NO4. The summed E-state index contributed by atoms with van der Waals surface area (Å²) in [5.74, 6) is 0.784. The van der Waals surface area contributed by atoms with Crippen LogP contribution in [0.3, 0.4) is 0 Å². The number of hydrogen-bond donors (Lipinski definition) is 3. The number of benzene rings is 1. The van der Waals surface area contributed by atoms with Crippen LogP contribution in [0.15, 0.2) is 12.1 Å². The smallest absolute Gasteiger partial charge is 0.200 e. The monoisotopic (exact) mass is 253 g/mol. The Morgan fingerprint density at radius 3 is 2.17 bits per heavy atom. The quantitative estimate of drug-likeness (QED) is 0.706. The van der Waals surface area contributed by atoms with Crippen molar-refractivity contribution in [2.45, 2.75) is 24.9 Å². The van der Waals surface area contributed by atoms with E-state index in [4.69, 9.17) is 9.47 Å². The summed E-state index contributed by atoms with van der Waals surface area (Å²) < 4.78 is 10.2. The molecule has 0 spiro atoms. The number of methoxy groups -OCH3 is 2. The van der Waals surface area contributed by atoms with Gasteiger partial charge >= 0.3 is 0 Å². The van der Waals surface area contributed by atoms with Gasteiger partial charge in [0.05, 0.1) is 20.8 Å². The van der Waals surface area contributed by atoms with Crippen LogP contribution in [0.4, 0.5) is 0 Å². The minimum atomic E-state index is -0.113. The van der Waals surface area contributed by atoms with E-state index in [1.165, 1.54) is 14.2 Å². The summed E-state index contributed by atoms with van der Waals surface area (Å²) in [7, 11) is 3.00. The molecule has 5 nitrogen and oxygen atoms in total. The number of ether oxygens (including phenoxy) is 2. The highest BCUT2D eigenvalue weighted by molar-refractivity contribution is 5.52. The van der Waals surface area contributed by atoms with E-state index in [2.05, 4.69) is 5.32 Å². The second-order valence-corrected chi connectivity index (χ2v) is 4.64. The van der Waals surface area contributed by atoms with Crippen molar-refractivity contribution >= 4 is 0 Å². The Kier molecular flexibility index (Phi) is 3.63. The Bertz CT molecular complexity index is 404. The number of phenolic OH excluding ortho intramolecular Hbond substituents is 1. The maximum absolute atomic E-state index is 9.79. The summed E-state index contributed by atoms with van der Waals surface area (Å²) in [5, 5.41) is 22.3. The lowest BCUT2D eigenvalue weighted by Gasteiger charge is -2.16. The Balaban J connectivity index is 2.12. The molecule has 0 aromatic heterocycles. The first-order valence-electron chi connectivity index (χ1n) is 5.94. The molecule has 1 saturated carbocycles. The van der Waals surface area contributed by atoms with Crippen molar-refractivity contribution in [3.63, 3.8) is 0 Å². The van der Waals surface area contributed by atoms with Gasteiger partial charge in [-0.2, -0.15) is 0 Å². The van der Waals surface area contributed by atoms with E-state index in [0.717, 1.165) is 18.4 Å².